The van der Waals surface area contributed by atoms with E-state index in [0.717, 1.165) is 0 Å². The van der Waals surface area contributed by atoms with Crippen LogP contribution in [0.15, 0.2) is 0 Å². The van der Waals surface area contributed by atoms with Gasteiger partial charge in [0, 0.05) is 18.9 Å². The average Bonchev–Trinajstić information content (AvgIpc) is 3.23. The standard InChI is InChI=1S/C18H20F4O17S2/c19-17(20,40(28,29)30)15(26)36-6-12(23)35-5-9-3-8(1-2-34-9)10-4-11(14(25)39-10)38-13(24)7-37-16(27)18(21,22)41(31,32)33/h8-11H,1-7H2,(H,28,29,30)(H,31,32,33). The van der Waals surface area contributed by atoms with Crippen molar-refractivity contribution in [2.45, 2.75) is 48.1 Å². The van der Waals surface area contributed by atoms with Gasteiger partial charge in [0.1, 0.15) is 12.7 Å². The van der Waals surface area contributed by atoms with E-state index in [1.165, 1.54) is 0 Å². The lowest BCUT2D eigenvalue weighted by molar-refractivity contribution is -0.173. The number of hydrogen-bond donors (Lipinski definition) is 2. The molecule has 2 N–H and O–H groups in total. The van der Waals surface area contributed by atoms with Crippen molar-refractivity contribution < 1.29 is 95.9 Å². The van der Waals surface area contributed by atoms with E-state index in [9.17, 15) is 58.4 Å². The lowest BCUT2D eigenvalue weighted by atomic mass is 9.89. The van der Waals surface area contributed by atoms with Crippen LogP contribution < -0.4 is 0 Å². The van der Waals surface area contributed by atoms with Crippen LogP contribution in [0.5, 0.6) is 0 Å². The molecule has 0 aromatic heterocycles. The van der Waals surface area contributed by atoms with Crippen LogP contribution in [0.2, 0.25) is 0 Å². The fourth-order valence-electron chi connectivity index (χ4n) is 3.38. The zero-order valence-electron chi connectivity index (χ0n) is 20.1. The molecule has 23 heteroatoms. The van der Waals surface area contributed by atoms with Crippen molar-refractivity contribution in [1.29, 1.82) is 0 Å². The first-order chi connectivity index (χ1) is 18.7. The predicted octanol–water partition coefficient (Wildman–Crippen LogP) is -1.40. The van der Waals surface area contributed by atoms with Gasteiger partial charge in [-0.25, -0.2) is 24.0 Å². The third-order valence-electron chi connectivity index (χ3n) is 5.38. The molecule has 0 spiro atoms. The Morgan fingerprint density at radius 1 is 0.854 bits per heavy atom. The summed E-state index contributed by atoms with van der Waals surface area (Å²) in [5, 5.41) is -10.7. The van der Waals surface area contributed by atoms with E-state index in [-0.39, 0.29) is 25.9 Å². The molecule has 0 radical (unpaired) electrons. The van der Waals surface area contributed by atoms with Crippen molar-refractivity contribution in [3.8, 4) is 0 Å². The van der Waals surface area contributed by atoms with E-state index in [4.69, 9.17) is 28.1 Å². The Bertz CT molecular complexity index is 1270. The summed E-state index contributed by atoms with van der Waals surface area (Å²) in [6, 6.07) is 0. The summed E-state index contributed by atoms with van der Waals surface area (Å²) in [7, 11) is -12.3. The number of hydrogen-bond acceptors (Lipinski definition) is 15. The highest BCUT2D eigenvalue weighted by molar-refractivity contribution is 7.88. The van der Waals surface area contributed by atoms with E-state index >= 15 is 0 Å². The zero-order chi connectivity index (χ0) is 31.4. The van der Waals surface area contributed by atoms with Gasteiger partial charge >= 0.3 is 60.6 Å². The van der Waals surface area contributed by atoms with Crippen molar-refractivity contribution in [1.82, 2.24) is 0 Å². The van der Waals surface area contributed by atoms with Gasteiger partial charge < -0.3 is 28.4 Å². The Morgan fingerprint density at radius 2 is 1.37 bits per heavy atom. The molecule has 2 aliphatic heterocycles. The van der Waals surface area contributed by atoms with Crippen molar-refractivity contribution in [2.24, 2.45) is 5.92 Å². The van der Waals surface area contributed by atoms with E-state index in [1.807, 2.05) is 0 Å². The van der Waals surface area contributed by atoms with Crippen LogP contribution in [0.25, 0.3) is 0 Å². The molecule has 0 bridgehead atoms. The number of ether oxygens (including phenoxy) is 6. The molecule has 0 saturated carbocycles. The number of halogens is 4. The van der Waals surface area contributed by atoms with Gasteiger partial charge in [0.2, 0.25) is 6.10 Å². The Labute approximate surface area is 226 Å². The first-order valence-corrected chi connectivity index (χ1v) is 13.8. The van der Waals surface area contributed by atoms with E-state index in [2.05, 4.69) is 9.47 Å². The van der Waals surface area contributed by atoms with Crippen LogP contribution in [0.3, 0.4) is 0 Å². The number of carbonyl (C=O) groups is 5. The number of carbonyl (C=O) groups excluding carboxylic acids is 5. The summed E-state index contributed by atoms with van der Waals surface area (Å²) in [5.41, 5.74) is 0. The third kappa shape index (κ3) is 8.67. The molecule has 234 valence electrons. The topological polar surface area (TPSA) is 249 Å². The second kappa shape index (κ2) is 12.8. The second-order valence-electron chi connectivity index (χ2n) is 8.29. The van der Waals surface area contributed by atoms with E-state index < -0.39 is 105 Å². The minimum atomic E-state index is -6.18. The highest BCUT2D eigenvalue weighted by atomic mass is 32.2. The number of cyclic esters (lactones) is 1. The molecule has 0 aromatic rings. The van der Waals surface area contributed by atoms with E-state index in [0.29, 0.717) is 0 Å². The Morgan fingerprint density at radius 3 is 1.88 bits per heavy atom. The summed E-state index contributed by atoms with van der Waals surface area (Å²) in [6.07, 6.45) is -3.21. The maximum absolute atomic E-state index is 13.1. The molecule has 2 fully saturated rings. The lowest BCUT2D eigenvalue weighted by Crippen LogP contribution is -2.40. The maximum atomic E-state index is 13.1. The van der Waals surface area contributed by atoms with Crippen molar-refractivity contribution in [2.75, 3.05) is 26.4 Å². The largest absolute Gasteiger partial charge is 0.465 e. The van der Waals surface area contributed by atoms with Crippen LogP contribution in [-0.4, -0.2) is 111 Å². The van der Waals surface area contributed by atoms with Crippen molar-refractivity contribution in [3.05, 3.63) is 0 Å². The highest BCUT2D eigenvalue weighted by Gasteiger charge is 2.55. The normalized spacial score (nSPS) is 23.7. The molecule has 2 rings (SSSR count). The third-order valence-corrected chi connectivity index (χ3v) is 7.01. The summed E-state index contributed by atoms with van der Waals surface area (Å²) in [6.45, 7) is -3.44. The van der Waals surface area contributed by atoms with Gasteiger partial charge in [-0.15, -0.1) is 0 Å². The van der Waals surface area contributed by atoms with Gasteiger partial charge in [-0.1, -0.05) is 0 Å². The van der Waals surface area contributed by atoms with Gasteiger partial charge in [-0.2, -0.15) is 34.4 Å². The highest BCUT2D eigenvalue weighted by Crippen LogP contribution is 2.32. The first kappa shape index (κ1) is 34.1. The number of rotatable bonds is 12. The molecule has 2 aliphatic rings. The van der Waals surface area contributed by atoms with E-state index in [1.54, 1.807) is 0 Å². The zero-order valence-corrected chi connectivity index (χ0v) is 21.7. The van der Waals surface area contributed by atoms with Gasteiger partial charge in [-0.3, -0.25) is 9.11 Å². The minimum Gasteiger partial charge on any atom is -0.460 e. The molecule has 41 heavy (non-hydrogen) atoms. The first-order valence-electron chi connectivity index (χ1n) is 10.9. The van der Waals surface area contributed by atoms with Gasteiger partial charge in [0.25, 0.3) is 0 Å². The fourth-order valence-corrected chi connectivity index (χ4v) is 3.92. The SMILES string of the molecule is O=C(COC(=O)C(F)(F)S(=O)(=O)O)OCC1CC(C2CC(OC(=O)COC(=O)C(F)(F)S(=O)(=O)O)C(=O)O2)CCO1. The second-order valence-corrected chi connectivity index (χ2v) is 11.2. The quantitative estimate of drug-likeness (QED) is 0.107. The Hall–Kier alpha value is -3.15. The fraction of sp³-hybridized carbons (Fsp3) is 0.722. The van der Waals surface area contributed by atoms with Crippen LogP contribution in [0.1, 0.15) is 19.3 Å². The van der Waals surface area contributed by atoms with Gasteiger partial charge in [0.05, 0.1) is 6.10 Å². The maximum Gasteiger partial charge on any atom is 0.465 e. The van der Waals surface area contributed by atoms with Crippen LogP contribution >= 0.6 is 0 Å². The molecule has 0 aromatic carbocycles. The summed E-state index contributed by atoms with van der Waals surface area (Å²) < 4.78 is 138. The predicted molar refractivity (Wildman–Crippen MR) is 113 cm³/mol. The molecule has 0 amide bonds. The number of esters is 5. The summed E-state index contributed by atoms with van der Waals surface area (Å²) in [4.78, 5) is 57.6. The molecule has 2 saturated heterocycles. The molecule has 4 atom stereocenters. The summed E-state index contributed by atoms with van der Waals surface area (Å²) in [5.74, 6) is -9.94. The van der Waals surface area contributed by atoms with Crippen molar-refractivity contribution >= 4 is 50.1 Å². The smallest absolute Gasteiger partial charge is 0.460 e. The van der Waals surface area contributed by atoms with Crippen molar-refractivity contribution in [3.63, 3.8) is 0 Å². The molecule has 17 nitrogen and oxygen atoms in total. The van der Waals surface area contributed by atoms with Crippen LogP contribution in [-0.2, 0) is 72.6 Å². The van der Waals surface area contributed by atoms with Crippen LogP contribution in [0, 0.1) is 5.92 Å². The average molecular weight is 648 g/mol. The molecular weight excluding hydrogens is 628 g/mol. The number of alkyl halides is 4. The Balaban J connectivity index is 1.80. The van der Waals surface area contributed by atoms with Gasteiger partial charge in [0.15, 0.2) is 13.2 Å². The van der Waals surface area contributed by atoms with Gasteiger partial charge in [-0.05, 0) is 12.8 Å². The minimum absolute atomic E-state index is 0.0406. The molecule has 0 aliphatic carbocycles. The lowest BCUT2D eigenvalue weighted by Gasteiger charge is -2.31. The van der Waals surface area contributed by atoms with Crippen LogP contribution in [0.4, 0.5) is 17.6 Å². The summed E-state index contributed by atoms with van der Waals surface area (Å²) >= 11 is 0. The monoisotopic (exact) mass is 648 g/mol. The molecule has 2 heterocycles. The molecular formula is C18H20F4O17S2. The molecule has 4 unspecified atom stereocenters. The Kier molecular flexibility index (Phi) is 10.6.